The van der Waals surface area contributed by atoms with Crippen LogP contribution in [0.25, 0.3) is 11.2 Å². The number of imidazole rings is 1. The molecule has 0 bridgehead atoms. The third-order valence-electron chi connectivity index (χ3n) is 8.23. The van der Waals surface area contributed by atoms with Crippen LogP contribution in [0.2, 0.25) is 0 Å². The molecule has 0 radical (unpaired) electrons. The van der Waals surface area contributed by atoms with E-state index in [1.807, 2.05) is 4.57 Å². The predicted molar refractivity (Wildman–Crippen MR) is 138 cm³/mol. The quantitative estimate of drug-likeness (QED) is 0.642. The lowest BCUT2D eigenvalue weighted by molar-refractivity contribution is -0.122. The lowest BCUT2D eigenvalue weighted by atomic mass is 9.79. The van der Waals surface area contributed by atoms with Gasteiger partial charge in [0.2, 0.25) is 11.9 Å². The molecule has 2 aromatic heterocycles. The summed E-state index contributed by atoms with van der Waals surface area (Å²) in [5.41, 5.74) is 8.36. The Labute approximate surface area is 213 Å². The van der Waals surface area contributed by atoms with Gasteiger partial charge in [0.05, 0.1) is 5.92 Å². The van der Waals surface area contributed by atoms with E-state index in [0.717, 1.165) is 47.4 Å². The molecule has 6 rings (SSSR count). The number of aryl methyl sites for hydroxylation is 1. The summed E-state index contributed by atoms with van der Waals surface area (Å²) < 4.78 is 4.23. The van der Waals surface area contributed by atoms with Gasteiger partial charge in [0.15, 0.2) is 11.2 Å². The van der Waals surface area contributed by atoms with E-state index in [0.29, 0.717) is 30.2 Å². The molecule has 2 aromatic rings. The first-order chi connectivity index (χ1) is 17.2. The van der Waals surface area contributed by atoms with Crippen LogP contribution in [0.4, 0.5) is 5.95 Å². The van der Waals surface area contributed by atoms with Gasteiger partial charge in [-0.2, -0.15) is 4.98 Å². The first-order valence-electron chi connectivity index (χ1n) is 12.9. The molecular weight excluding hydrogens is 482 g/mol. The minimum atomic E-state index is -0.555. The van der Waals surface area contributed by atoms with E-state index in [9.17, 15) is 14.4 Å². The van der Waals surface area contributed by atoms with Crippen molar-refractivity contribution in [1.82, 2.24) is 24.0 Å². The average Bonchev–Trinajstić information content (AvgIpc) is 3.24. The van der Waals surface area contributed by atoms with Crippen LogP contribution >= 0.6 is 11.6 Å². The number of hydrogen-bond acceptors (Lipinski definition) is 6. The summed E-state index contributed by atoms with van der Waals surface area (Å²) in [6, 6.07) is 0.0232. The van der Waals surface area contributed by atoms with Gasteiger partial charge in [0, 0.05) is 43.0 Å². The monoisotopic (exact) mass is 513 g/mol. The van der Waals surface area contributed by atoms with Crippen LogP contribution in [-0.4, -0.2) is 43.2 Å². The second-order valence-corrected chi connectivity index (χ2v) is 11.1. The maximum atomic E-state index is 13.7. The molecular formula is C25H32ClN7O3. The second kappa shape index (κ2) is 8.62. The molecule has 4 heterocycles. The number of nitrogens with zero attached hydrogens (tertiary/aromatic N) is 5. The standard InChI is InChI=1S/C25H32ClN7O3/c1-13-8-18(26)17-11-32-21-22(29-24(32)31-10-14(27)9-16(13)20(17)31)30(2)25(36)33(23(21)35)12-19(34)28-15-6-4-3-5-7-15/h8,13-15,17H,3-7,9-12,27H2,1-2H3,(H,28,34). The van der Waals surface area contributed by atoms with Crippen LogP contribution in [0.15, 0.2) is 32.0 Å². The van der Waals surface area contributed by atoms with E-state index in [2.05, 4.69) is 23.2 Å². The SMILES string of the molecule is CC1C=C(Cl)C2Cn3c(nc4c3c(=O)n(CC(=O)NC3CCCCC3)c(=O)n4C)N3CC(N)CC1=C23. The number of hydrogen-bond donors (Lipinski definition) is 2. The summed E-state index contributed by atoms with van der Waals surface area (Å²) in [4.78, 5) is 46.5. The summed E-state index contributed by atoms with van der Waals surface area (Å²) >= 11 is 6.75. The van der Waals surface area contributed by atoms with Crippen molar-refractivity contribution in [2.45, 2.75) is 70.6 Å². The summed E-state index contributed by atoms with van der Waals surface area (Å²) in [6.07, 6.45) is 8.05. The fraction of sp³-hybridized carbons (Fsp3) is 0.600. The van der Waals surface area contributed by atoms with Crippen LogP contribution in [0.1, 0.15) is 45.4 Å². The number of amides is 1. The van der Waals surface area contributed by atoms with Gasteiger partial charge in [-0.25, -0.2) is 9.36 Å². The molecule has 1 fully saturated rings. The van der Waals surface area contributed by atoms with Gasteiger partial charge in [-0.3, -0.25) is 14.2 Å². The highest BCUT2D eigenvalue weighted by molar-refractivity contribution is 6.30. The van der Waals surface area contributed by atoms with Crippen molar-refractivity contribution in [3.05, 3.63) is 43.2 Å². The summed E-state index contributed by atoms with van der Waals surface area (Å²) in [5, 5.41) is 3.75. The number of nitrogens with one attached hydrogen (secondary N) is 1. The molecule has 4 aliphatic rings. The highest BCUT2D eigenvalue weighted by Crippen LogP contribution is 2.47. The van der Waals surface area contributed by atoms with Gasteiger partial charge in [-0.15, -0.1) is 0 Å². The number of rotatable bonds is 3. The minimum absolute atomic E-state index is 0.0764. The summed E-state index contributed by atoms with van der Waals surface area (Å²) in [6.45, 7) is 2.81. The molecule has 0 saturated heterocycles. The smallest absolute Gasteiger partial charge is 0.332 e. The Balaban J connectivity index is 1.45. The topological polar surface area (TPSA) is 120 Å². The molecule has 3 N–H and O–H groups in total. The Morgan fingerprint density at radius 1 is 1.22 bits per heavy atom. The van der Waals surface area contributed by atoms with Crippen molar-refractivity contribution in [1.29, 1.82) is 0 Å². The number of carbonyl (C=O) groups is 1. The highest BCUT2D eigenvalue weighted by Gasteiger charge is 2.43. The molecule has 2 aliphatic carbocycles. The maximum absolute atomic E-state index is 13.7. The zero-order valence-electron chi connectivity index (χ0n) is 20.7. The van der Waals surface area contributed by atoms with E-state index in [1.54, 1.807) is 7.05 Å². The first-order valence-corrected chi connectivity index (χ1v) is 13.2. The molecule has 2 aliphatic heterocycles. The third kappa shape index (κ3) is 3.56. The fourth-order valence-electron chi connectivity index (χ4n) is 6.46. The van der Waals surface area contributed by atoms with E-state index < -0.39 is 11.2 Å². The van der Waals surface area contributed by atoms with Crippen molar-refractivity contribution in [3.63, 3.8) is 0 Å². The molecule has 11 heteroatoms. The van der Waals surface area contributed by atoms with Crippen molar-refractivity contribution in [2.75, 3.05) is 11.4 Å². The van der Waals surface area contributed by atoms with Crippen LogP contribution < -0.4 is 27.2 Å². The molecule has 36 heavy (non-hydrogen) atoms. The molecule has 1 amide bonds. The predicted octanol–water partition coefficient (Wildman–Crippen LogP) is 1.54. The van der Waals surface area contributed by atoms with Gasteiger partial charge in [-0.1, -0.05) is 43.9 Å². The molecule has 3 unspecified atom stereocenters. The number of anilines is 1. The van der Waals surface area contributed by atoms with Crippen molar-refractivity contribution < 1.29 is 4.79 Å². The Morgan fingerprint density at radius 3 is 2.72 bits per heavy atom. The van der Waals surface area contributed by atoms with Crippen LogP contribution in [0.5, 0.6) is 0 Å². The Bertz CT molecular complexity index is 1440. The van der Waals surface area contributed by atoms with Gasteiger partial charge < -0.3 is 20.5 Å². The maximum Gasteiger partial charge on any atom is 0.332 e. The second-order valence-electron chi connectivity index (χ2n) is 10.7. The highest BCUT2D eigenvalue weighted by atomic mass is 35.5. The van der Waals surface area contributed by atoms with Gasteiger partial charge in [-0.05, 0) is 30.8 Å². The van der Waals surface area contributed by atoms with Gasteiger partial charge in [0.25, 0.3) is 5.56 Å². The molecule has 0 spiro atoms. The molecule has 1 saturated carbocycles. The Kier molecular flexibility index (Phi) is 5.64. The van der Waals surface area contributed by atoms with Crippen molar-refractivity contribution in [3.8, 4) is 0 Å². The zero-order valence-corrected chi connectivity index (χ0v) is 21.4. The number of carbonyl (C=O) groups excluding carboxylic acids is 1. The number of nitrogens with two attached hydrogens (primary N) is 1. The van der Waals surface area contributed by atoms with Crippen LogP contribution in [-0.2, 0) is 24.9 Å². The largest absolute Gasteiger partial charge is 0.352 e. The number of aromatic nitrogens is 4. The summed E-state index contributed by atoms with van der Waals surface area (Å²) in [7, 11) is 1.59. The zero-order chi connectivity index (χ0) is 25.3. The normalized spacial score (nSPS) is 26.1. The molecule has 10 nitrogen and oxygen atoms in total. The fourth-order valence-corrected chi connectivity index (χ4v) is 6.82. The van der Waals surface area contributed by atoms with Crippen molar-refractivity contribution >= 4 is 34.6 Å². The molecule has 0 aromatic carbocycles. The Morgan fingerprint density at radius 2 is 1.97 bits per heavy atom. The van der Waals surface area contributed by atoms with Crippen LogP contribution in [0.3, 0.4) is 0 Å². The molecule has 192 valence electrons. The summed E-state index contributed by atoms with van der Waals surface area (Å²) in [5.74, 6) is 0.356. The van der Waals surface area contributed by atoms with Gasteiger partial charge in [0.1, 0.15) is 6.54 Å². The lowest BCUT2D eigenvalue weighted by Crippen LogP contribution is -2.50. The molecule has 3 atom stereocenters. The van der Waals surface area contributed by atoms with Crippen molar-refractivity contribution in [2.24, 2.45) is 24.6 Å². The van der Waals surface area contributed by atoms with Crippen LogP contribution in [0, 0.1) is 11.8 Å². The number of halogens is 1. The Hall–Kier alpha value is -2.85. The lowest BCUT2D eigenvalue weighted by Gasteiger charge is -2.46. The van der Waals surface area contributed by atoms with E-state index in [-0.39, 0.29) is 36.4 Å². The third-order valence-corrected chi connectivity index (χ3v) is 8.62. The average molecular weight is 514 g/mol. The van der Waals surface area contributed by atoms with E-state index in [1.165, 1.54) is 16.6 Å². The number of fused-ring (bicyclic) bond motifs is 4. The van der Waals surface area contributed by atoms with E-state index >= 15 is 0 Å². The van der Waals surface area contributed by atoms with Gasteiger partial charge >= 0.3 is 5.69 Å². The van der Waals surface area contributed by atoms with E-state index in [4.69, 9.17) is 22.3 Å². The first kappa shape index (κ1) is 23.5. The minimum Gasteiger partial charge on any atom is -0.352 e. The number of allylic oxidation sites excluding steroid dienone is 2.